The number of aliphatic hydroxyl groups excluding tert-OH is 1. The zero-order valence-electron chi connectivity index (χ0n) is 30.2. The highest BCUT2D eigenvalue weighted by Gasteiger charge is 1.94. The molecule has 0 spiro atoms. The molecule has 0 saturated carbocycles. The van der Waals surface area contributed by atoms with Gasteiger partial charge in [-0.15, -0.1) is 12.8 Å². The smallest absolute Gasteiger partial charge is 0.279 e. The van der Waals surface area contributed by atoms with Crippen molar-refractivity contribution >= 4 is 5.78 Å². The summed E-state index contributed by atoms with van der Waals surface area (Å²) < 4.78 is 0. The third kappa shape index (κ3) is 38.8. The van der Waals surface area contributed by atoms with Crippen LogP contribution < -0.4 is 0 Å². The topological polar surface area (TPSA) is 37.3 Å². The zero-order chi connectivity index (χ0) is 34.9. The highest BCUT2D eigenvalue weighted by molar-refractivity contribution is 6.08. The van der Waals surface area contributed by atoms with Gasteiger partial charge in [0, 0.05) is 6.42 Å². The van der Waals surface area contributed by atoms with E-state index in [1.54, 1.807) is 12.2 Å². The fourth-order valence-corrected chi connectivity index (χ4v) is 5.17. The number of ketones is 1. The summed E-state index contributed by atoms with van der Waals surface area (Å²) in [7, 11) is 0. The number of carbonyl (C=O) groups is 1. The van der Waals surface area contributed by atoms with Gasteiger partial charge in [-0.2, -0.15) is 0 Å². The molecule has 0 aromatic carbocycles. The first-order valence-electron chi connectivity index (χ1n) is 19.1. The molecule has 0 rings (SSSR count). The second-order valence-corrected chi connectivity index (χ2v) is 12.5. The van der Waals surface area contributed by atoms with Crippen molar-refractivity contribution in [2.45, 2.75) is 173 Å². The Morgan fingerprint density at radius 3 is 1.44 bits per heavy atom. The predicted octanol–water partition coefficient (Wildman–Crippen LogP) is 12.1. The van der Waals surface area contributed by atoms with Gasteiger partial charge in [-0.05, 0) is 114 Å². The minimum absolute atomic E-state index is 0.298. The van der Waals surface area contributed by atoms with Crippen LogP contribution >= 0.6 is 0 Å². The molecule has 2 nitrogen and oxygen atoms in total. The van der Waals surface area contributed by atoms with E-state index in [-0.39, 0.29) is 5.78 Å². The normalized spacial score (nSPS) is 12.0. The van der Waals surface area contributed by atoms with E-state index in [1.165, 1.54) is 103 Å². The van der Waals surface area contributed by atoms with Crippen LogP contribution in [-0.4, -0.2) is 17.0 Å². The van der Waals surface area contributed by atoms with Crippen molar-refractivity contribution in [3.05, 3.63) is 60.8 Å². The third-order valence-corrected chi connectivity index (χ3v) is 8.03. The van der Waals surface area contributed by atoms with Crippen LogP contribution in [-0.2, 0) is 4.79 Å². The maximum absolute atomic E-state index is 11.8. The molecule has 0 heterocycles. The van der Waals surface area contributed by atoms with E-state index in [2.05, 4.69) is 65.9 Å². The van der Waals surface area contributed by atoms with Gasteiger partial charge in [0.05, 0.1) is 0 Å². The Bertz CT molecular complexity index is 1110. The van der Waals surface area contributed by atoms with E-state index in [0.29, 0.717) is 0 Å². The Morgan fingerprint density at radius 1 is 0.500 bits per heavy atom. The minimum Gasteiger partial charge on any atom is -0.377 e. The number of carbonyl (C=O) groups excluding carboxylic acids is 1. The Morgan fingerprint density at radius 2 is 0.917 bits per heavy atom. The van der Waals surface area contributed by atoms with Crippen molar-refractivity contribution in [3.63, 3.8) is 0 Å². The van der Waals surface area contributed by atoms with Crippen LogP contribution in [0, 0.1) is 48.4 Å². The number of aliphatic hydroxyl groups is 1. The largest absolute Gasteiger partial charge is 0.377 e. The molecule has 2 heteroatoms. The standard InChI is InChI=1S/C46H66O2/c1-3-5-6-7-8-9-10-11-12-13-14-15-16-17-18-19-20-21-25-28-31-34-37-40-43-46(48)44-41-38-35-32-29-26-23-22-24-27-30-33-36-39-42-45(47)4-2/h1-2,5-6,21,23,25-26,34,37,39,42,45,47H,7-20,22,24,27-33,35-36,38H2/b6-5-,25-21-,26-23-,37-34-,42-39+. The minimum atomic E-state index is -0.750. The maximum atomic E-state index is 11.8. The number of terminal acetylenes is 2. The van der Waals surface area contributed by atoms with Crippen LogP contribution in [0.25, 0.3) is 0 Å². The molecule has 0 radical (unpaired) electrons. The fourth-order valence-electron chi connectivity index (χ4n) is 5.17. The van der Waals surface area contributed by atoms with Gasteiger partial charge in [-0.1, -0.05) is 143 Å². The Hall–Kier alpha value is -3.43. The van der Waals surface area contributed by atoms with Gasteiger partial charge < -0.3 is 5.11 Å². The first kappa shape index (κ1) is 44.6. The fraction of sp³-hybridized carbons (Fsp3) is 0.587. The molecule has 1 atom stereocenters. The molecule has 48 heavy (non-hydrogen) atoms. The number of hydrogen-bond acceptors (Lipinski definition) is 2. The van der Waals surface area contributed by atoms with Crippen LogP contribution in [0.3, 0.4) is 0 Å². The number of hydrogen-bond donors (Lipinski definition) is 1. The van der Waals surface area contributed by atoms with Crippen molar-refractivity contribution < 1.29 is 9.90 Å². The number of unbranched alkanes of at least 4 members (excludes halogenated alkanes) is 22. The Balaban J connectivity index is 3.51. The first-order valence-corrected chi connectivity index (χ1v) is 19.1. The summed E-state index contributed by atoms with van der Waals surface area (Å²) in [4.78, 5) is 11.8. The third-order valence-electron chi connectivity index (χ3n) is 8.03. The monoisotopic (exact) mass is 651 g/mol. The maximum Gasteiger partial charge on any atom is 0.279 e. The average Bonchev–Trinajstić information content (AvgIpc) is 3.09. The highest BCUT2D eigenvalue weighted by atomic mass is 16.3. The van der Waals surface area contributed by atoms with Crippen molar-refractivity contribution in [1.29, 1.82) is 0 Å². The summed E-state index contributed by atoms with van der Waals surface area (Å²) in [6.45, 7) is 0. The van der Waals surface area contributed by atoms with Crippen LogP contribution in [0.2, 0.25) is 0 Å². The summed E-state index contributed by atoms with van der Waals surface area (Å²) in [5.74, 6) is 15.5. The van der Waals surface area contributed by atoms with E-state index >= 15 is 0 Å². The molecule has 262 valence electrons. The molecule has 0 saturated heterocycles. The van der Waals surface area contributed by atoms with E-state index < -0.39 is 6.10 Å². The molecule has 0 aliphatic heterocycles. The van der Waals surface area contributed by atoms with Gasteiger partial charge in [-0.3, -0.25) is 4.79 Å². The van der Waals surface area contributed by atoms with Gasteiger partial charge in [0.25, 0.3) is 5.78 Å². The second kappa shape index (κ2) is 39.7. The quantitative estimate of drug-likeness (QED) is 0.0363. The lowest BCUT2D eigenvalue weighted by molar-refractivity contribution is -0.108. The average molecular weight is 651 g/mol. The van der Waals surface area contributed by atoms with Crippen LogP contribution in [0.1, 0.15) is 167 Å². The van der Waals surface area contributed by atoms with Crippen molar-refractivity contribution in [3.8, 4) is 48.4 Å². The summed E-state index contributed by atoms with van der Waals surface area (Å²) in [6, 6.07) is 0. The Labute approximate surface area is 297 Å². The summed E-state index contributed by atoms with van der Waals surface area (Å²) >= 11 is 0. The van der Waals surface area contributed by atoms with Gasteiger partial charge in [-0.25, -0.2) is 0 Å². The van der Waals surface area contributed by atoms with Crippen molar-refractivity contribution in [2.24, 2.45) is 0 Å². The lowest BCUT2D eigenvalue weighted by Gasteiger charge is -2.02. The van der Waals surface area contributed by atoms with Gasteiger partial charge in [0.15, 0.2) is 0 Å². The van der Waals surface area contributed by atoms with E-state index in [0.717, 1.165) is 64.2 Å². The summed E-state index contributed by atoms with van der Waals surface area (Å²) in [5.41, 5.74) is 0. The molecule has 0 amide bonds. The molecule has 0 aliphatic carbocycles. The summed E-state index contributed by atoms with van der Waals surface area (Å²) in [6.07, 6.45) is 61.4. The summed E-state index contributed by atoms with van der Waals surface area (Å²) in [5, 5.41) is 9.24. The molecule has 1 N–H and O–H groups in total. The zero-order valence-corrected chi connectivity index (χ0v) is 30.2. The van der Waals surface area contributed by atoms with Crippen LogP contribution in [0.15, 0.2) is 60.8 Å². The lowest BCUT2D eigenvalue weighted by atomic mass is 10.0. The van der Waals surface area contributed by atoms with Crippen LogP contribution in [0.5, 0.6) is 0 Å². The first-order chi connectivity index (χ1) is 23.7. The number of rotatable bonds is 30. The SMILES string of the molecule is C#C/C=C\CCCCCCCCCCCCCC/C=C\CC/C=C\C#CC(=O)C#CCCCC/C=C\CCCCCC/C=C/C(O)C#C. The molecular weight excluding hydrogens is 585 g/mol. The van der Waals surface area contributed by atoms with Gasteiger partial charge in [0.2, 0.25) is 0 Å². The van der Waals surface area contributed by atoms with E-state index in [4.69, 9.17) is 12.8 Å². The molecular formula is C46H66O2. The number of Topliss-reactive ketones (excluding diaryl/α,β-unsaturated/α-hetero) is 1. The van der Waals surface area contributed by atoms with Crippen LogP contribution in [0.4, 0.5) is 0 Å². The van der Waals surface area contributed by atoms with Gasteiger partial charge in [0.1, 0.15) is 6.10 Å². The molecule has 0 bridgehead atoms. The van der Waals surface area contributed by atoms with Crippen molar-refractivity contribution in [2.75, 3.05) is 0 Å². The van der Waals surface area contributed by atoms with Crippen molar-refractivity contribution in [1.82, 2.24) is 0 Å². The second-order valence-electron chi connectivity index (χ2n) is 12.5. The highest BCUT2D eigenvalue weighted by Crippen LogP contribution is 2.13. The Kier molecular flexibility index (Phi) is 36.9. The molecule has 0 aromatic heterocycles. The molecule has 1 unspecified atom stereocenters. The lowest BCUT2D eigenvalue weighted by Crippen LogP contribution is -1.95. The van der Waals surface area contributed by atoms with E-state index in [9.17, 15) is 9.90 Å². The van der Waals surface area contributed by atoms with E-state index in [1.807, 2.05) is 18.2 Å². The molecule has 0 fully saturated rings. The predicted molar refractivity (Wildman–Crippen MR) is 210 cm³/mol. The molecule has 0 aliphatic rings. The number of allylic oxidation sites excluding steroid dienone is 9. The molecule has 0 aromatic rings. The van der Waals surface area contributed by atoms with Gasteiger partial charge >= 0.3 is 0 Å².